The Morgan fingerprint density at radius 3 is 2.43 bits per heavy atom. The predicted molar refractivity (Wildman–Crippen MR) is 52.2 cm³/mol. The summed E-state index contributed by atoms with van der Waals surface area (Å²) >= 11 is 5.66. The molecule has 3 N–H and O–H groups in total. The highest BCUT2D eigenvalue weighted by atomic mass is 35.5. The van der Waals surface area contributed by atoms with Gasteiger partial charge in [0.2, 0.25) is 0 Å². The van der Waals surface area contributed by atoms with E-state index < -0.39 is 10.1 Å². The maximum absolute atomic E-state index is 10.7. The standard InChI is InChI=1S/C7H8ClNO4S/c1-13-7-5(8)2-4(3-6(7)9)14(10,11)12/h2-3H,9H2,1H3,(H,10,11,12). The average Bonchev–Trinajstić information content (AvgIpc) is 2.01. The molecule has 1 rings (SSSR count). The van der Waals surface area contributed by atoms with Crippen LogP contribution in [0.5, 0.6) is 5.75 Å². The van der Waals surface area contributed by atoms with Gasteiger partial charge in [0.25, 0.3) is 10.1 Å². The third kappa shape index (κ3) is 2.09. The Labute approximate surface area is 86.2 Å². The summed E-state index contributed by atoms with van der Waals surface area (Å²) in [4.78, 5) is -0.360. The van der Waals surface area contributed by atoms with Crippen LogP contribution in [0, 0.1) is 0 Å². The second-order valence-corrected chi connectivity index (χ2v) is 4.33. The summed E-state index contributed by atoms with van der Waals surface area (Å²) < 4.78 is 35.0. The van der Waals surface area contributed by atoms with Gasteiger partial charge in [-0.2, -0.15) is 8.42 Å². The zero-order chi connectivity index (χ0) is 10.9. The molecule has 5 nitrogen and oxygen atoms in total. The molecule has 0 saturated carbocycles. The normalized spacial score (nSPS) is 11.4. The lowest BCUT2D eigenvalue weighted by Gasteiger charge is -2.07. The number of halogens is 1. The van der Waals surface area contributed by atoms with Crippen molar-refractivity contribution in [1.29, 1.82) is 0 Å². The van der Waals surface area contributed by atoms with Crippen molar-refractivity contribution in [2.75, 3.05) is 12.8 Å². The third-order valence-corrected chi connectivity index (χ3v) is 2.66. The monoisotopic (exact) mass is 237 g/mol. The van der Waals surface area contributed by atoms with Crippen molar-refractivity contribution >= 4 is 27.4 Å². The fourth-order valence-corrected chi connectivity index (χ4v) is 1.86. The molecule has 0 radical (unpaired) electrons. The zero-order valence-electron chi connectivity index (χ0n) is 7.19. The molecule has 0 aliphatic rings. The lowest BCUT2D eigenvalue weighted by Crippen LogP contribution is -2.01. The van der Waals surface area contributed by atoms with Gasteiger partial charge in [-0.25, -0.2) is 0 Å². The number of benzene rings is 1. The van der Waals surface area contributed by atoms with Crippen molar-refractivity contribution in [3.8, 4) is 5.75 Å². The molecule has 0 heterocycles. The molecule has 78 valence electrons. The summed E-state index contributed by atoms with van der Waals surface area (Å²) in [6.07, 6.45) is 0. The van der Waals surface area contributed by atoms with Crippen LogP contribution in [-0.4, -0.2) is 20.1 Å². The summed E-state index contributed by atoms with van der Waals surface area (Å²) in [6, 6.07) is 2.13. The van der Waals surface area contributed by atoms with Crippen LogP contribution in [0.25, 0.3) is 0 Å². The number of ether oxygens (including phenoxy) is 1. The van der Waals surface area contributed by atoms with E-state index in [1.807, 2.05) is 0 Å². The van der Waals surface area contributed by atoms with E-state index in [2.05, 4.69) is 0 Å². The van der Waals surface area contributed by atoms with Gasteiger partial charge < -0.3 is 10.5 Å². The van der Waals surface area contributed by atoms with Crippen LogP contribution in [0.2, 0.25) is 5.02 Å². The highest BCUT2D eigenvalue weighted by Crippen LogP contribution is 2.33. The molecule has 0 amide bonds. The fourth-order valence-electron chi connectivity index (χ4n) is 0.953. The fraction of sp³-hybridized carbons (Fsp3) is 0.143. The van der Waals surface area contributed by atoms with Crippen LogP contribution < -0.4 is 10.5 Å². The van der Waals surface area contributed by atoms with Gasteiger partial charge in [0.15, 0.2) is 5.75 Å². The number of hydrogen-bond acceptors (Lipinski definition) is 4. The predicted octanol–water partition coefficient (Wildman–Crippen LogP) is 1.18. The second kappa shape index (κ2) is 3.64. The topological polar surface area (TPSA) is 89.6 Å². The van der Waals surface area contributed by atoms with Crippen molar-refractivity contribution in [2.24, 2.45) is 0 Å². The Morgan fingerprint density at radius 1 is 1.50 bits per heavy atom. The molecule has 0 atom stereocenters. The number of nitrogen functional groups attached to an aromatic ring is 1. The summed E-state index contributed by atoms with van der Waals surface area (Å²) in [7, 11) is -2.94. The van der Waals surface area contributed by atoms with E-state index in [0.29, 0.717) is 0 Å². The second-order valence-electron chi connectivity index (χ2n) is 2.50. The number of hydrogen-bond donors (Lipinski definition) is 2. The molecule has 0 fully saturated rings. The highest BCUT2D eigenvalue weighted by Gasteiger charge is 2.15. The lowest BCUT2D eigenvalue weighted by molar-refractivity contribution is 0.416. The lowest BCUT2D eigenvalue weighted by atomic mass is 10.3. The molecule has 0 aliphatic heterocycles. The summed E-state index contributed by atoms with van der Waals surface area (Å²) in [5.74, 6) is 0.180. The van der Waals surface area contributed by atoms with E-state index in [1.54, 1.807) is 0 Å². The first kappa shape index (κ1) is 11.1. The number of nitrogens with two attached hydrogens (primary N) is 1. The van der Waals surface area contributed by atoms with Crippen molar-refractivity contribution < 1.29 is 17.7 Å². The molecular weight excluding hydrogens is 230 g/mol. The Morgan fingerprint density at radius 2 is 2.07 bits per heavy atom. The number of anilines is 1. The summed E-state index contributed by atoms with van der Waals surface area (Å²) in [5.41, 5.74) is 5.49. The maximum Gasteiger partial charge on any atom is 0.294 e. The minimum atomic E-state index is -4.29. The summed E-state index contributed by atoms with van der Waals surface area (Å²) in [6.45, 7) is 0. The smallest absolute Gasteiger partial charge is 0.294 e. The van der Waals surface area contributed by atoms with E-state index in [0.717, 1.165) is 12.1 Å². The number of methoxy groups -OCH3 is 1. The average molecular weight is 238 g/mol. The Bertz CT molecular complexity index is 434. The third-order valence-electron chi connectivity index (χ3n) is 1.55. The molecule has 0 spiro atoms. The summed E-state index contributed by atoms with van der Waals surface area (Å²) in [5, 5.41) is 0.0279. The van der Waals surface area contributed by atoms with Crippen LogP contribution in [0.15, 0.2) is 17.0 Å². The molecule has 0 saturated heterocycles. The van der Waals surface area contributed by atoms with Gasteiger partial charge in [-0.05, 0) is 12.1 Å². The van der Waals surface area contributed by atoms with Crippen LogP contribution in [0.3, 0.4) is 0 Å². The Hall–Kier alpha value is -0.980. The molecule has 14 heavy (non-hydrogen) atoms. The van der Waals surface area contributed by atoms with Gasteiger partial charge in [0.1, 0.15) is 0 Å². The quantitative estimate of drug-likeness (QED) is 0.595. The molecule has 0 aromatic heterocycles. The molecule has 0 aliphatic carbocycles. The maximum atomic E-state index is 10.7. The molecule has 7 heteroatoms. The molecule has 0 unspecified atom stereocenters. The Kier molecular flexibility index (Phi) is 2.89. The minimum Gasteiger partial charge on any atom is -0.493 e. The van der Waals surface area contributed by atoms with Gasteiger partial charge in [-0.1, -0.05) is 11.6 Å². The van der Waals surface area contributed by atoms with Gasteiger partial charge in [0.05, 0.1) is 22.7 Å². The SMILES string of the molecule is COc1c(N)cc(S(=O)(=O)O)cc1Cl. The van der Waals surface area contributed by atoms with E-state index >= 15 is 0 Å². The molecule has 1 aromatic carbocycles. The van der Waals surface area contributed by atoms with Crippen molar-refractivity contribution in [2.45, 2.75) is 4.90 Å². The molecular formula is C7H8ClNO4S. The first-order valence-electron chi connectivity index (χ1n) is 3.46. The van der Waals surface area contributed by atoms with Crippen LogP contribution in [0.4, 0.5) is 5.69 Å². The van der Waals surface area contributed by atoms with E-state index in [4.69, 9.17) is 26.6 Å². The molecule has 1 aromatic rings. The van der Waals surface area contributed by atoms with Crippen molar-refractivity contribution in [1.82, 2.24) is 0 Å². The minimum absolute atomic E-state index is 0.0279. The van der Waals surface area contributed by atoms with Crippen molar-refractivity contribution in [3.63, 3.8) is 0 Å². The van der Waals surface area contributed by atoms with E-state index in [9.17, 15) is 8.42 Å². The van der Waals surface area contributed by atoms with E-state index in [-0.39, 0.29) is 21.4 Å². The van der Waals surface area contributed by atoms with Gasteiger partial charge >= 0.3 is 0 Å². The van der Waals surface area contributed by atoms with Crippen LogP contribution in [0.1, 0.15) is 0 Å². The van der Waals surface area contributed by atoms with Crippen molar-refractivity contribution in [3.05, 3.63) is 17.2 Å². The van der Waals surface area contributed by atoms with E-state index in [1.165, 1.54) is 7.11 Å². The van der Waals surface area contributed by atoms with Crippen LogP contribution >= 0.6 is 11.6 Å². The first-order valence-corrected chi connectivity index (χ1v) is 5.28. The van der Waals surface area contributed by atoms with Gasteiger partial charge in [-0.3, -0.25) is 4.55 Å². The first-order chi connectivity index (χ1) is 6.36. The van der Waals surface area contributed by atoms with Crippen LogP contribution in [-0.2, 0) is 10.1 Å². The highest BCUT2D eigenvalue weighted by molar-refractivity contribution is 7.85. The number of rotatable bonds is 2. The Balaban J connectivity index is 3.43. The van der Waals surface area contributed by atoms with Gasteiger partial charge in [0, 0.05) is 0 Å². The molecule has 0 bridgehead atoms. The zero-order valence-corrected chi connectivity index (χ0v) is 8.76. The largest absolute Gasteiger partial charge is 0.493 e. The van der Waals surface area contributed by atoms with Gasteiger partial charge in [-0.15, -0.1) is 0 Å².